The summed E-state index contributed by atoms with van der Waals surface area (Å²) in [6, 6.07) is 8.46. The van der Waals surface area contributed by atoms with Crippen molar-refractivity contribution in [1.29, 1.82) is 0 Å². The molecule has 4 heteroatoms. The zero-order valence-corrected chi connectivity index (χ0v) is 14.1. The first-order valence-electron chi connectivity index (χ1n) is 6.80. The van der Waals surface area contributed by atoms with Gasteiger partial charge in [0.05, 0.1) is 6.42 Å². The summed E-state index contributed by atoms with van der Waals surface area (Å²) in [4.78, 5) is 14.5. The molecule has 0 bridgehead atoms. The SMILES string of the molecule is O=C(Cc1ccc(Br)cc1)N1CCCCC1CCBr. The molecule has 2 nitrogen and oxygen atoms in total. The maximum atomic E-state index is 12.4. The van der Waals surface area contributed by atoms with Crippen LogP contribution in [0.4, 0.5) is 0 Å². The van der Waals surface area contributed by atoms with Gasteiger partial charge in [-0.15, -0.1) is 0 Å². The van der Waals surface area contributed by atoms with Crippen molar-refractivity contribution in [2.75, 3.05) is 11.9 Å². The fourth-order valence-electron chi connectivity index (χ4n) is 2.63. The maximum absolute atomic E-state index is 12.4. The number of carbonyl (C=O) groups is 1. The lowest BCUT2D eigenvalue weighted by molar-refractivity contribution is -0.134. The number of alkyl halides is 1. The largest absolute Gasteiger partial charge is 0.339 e. The van der Waals surface area contributed by atoms with E-state index < -0.39 is 0 Å². The van der Waals surface area contributed by atoms with Gasteiger partial charge in [-0.3, -0.25) is 4.79 Å². The van der Waals surface area contributed by atoms with Crippen molar-refractivity contribution in [2.24, 2.45) is 0 Å². The second kappa shape index (κ2) is 7.44. The van der Waals surface area contributed by atoms with Crippen LogP contribution in [-0.4, -0.2) is 28.7 Å². The van der Waals surface area contributed by atoms with E-state index >= 15 is 0 Å². The average molecular weight is 389 g/mol. The molecule has 1 unspecified atom stereocenters. The highest BCUT2D eigenvalue weighted by molar-refractivity contribution is 9.10. The average Bonchev–Trinajstić information content (AvgIpc) is 2.42. The van der Waals surface area contributed by atoms with Gasteiger partial charge in [0.25, 0.3) is 0 Å². The summed E-state index contributed by atoms with van der Waals surface area (Å²) in [7, 11) is 0. The van der Waals surface area contributed by atoms with Crippen LogP contribution in [0.5, 0.6) is 0 Å². The first-order chi connectivity index (χ1) is 9.20. The Hall–Kier alpha value is -0.350. The lowest BCUT2D eigenvalue weighted by atomic mass is 9.99. The van der Waals surface area contributed by atoms with Gasteiger partial charge in [-0.1, -0.05) is 44.0 Å². The fourth-order valence-corrected chi connectivity index (χ4v) is 3.43. The smallest absolute Gasteiger partial charge is 0.227 e. The van der Waals surface area contributed by atoms with Crippen LogP contribution < -0.4 is 0 Å². The molecule has 1 amide bonds. The predicted molar refractivity (Wildman–Crippen MR) is 85.6 cm³/mol. The van der Waals surface area contributed by atoms with Gasteiger partial charge >= 0.3 is 0 Å². The molecule has 1 saturated heterocycles. The van der Waals surface area contributed by atoms with E-state index in [1.807, 2.05) is 24.3 Å². The molecule has 2 rings (SSSR count). The minimum atomic E-state index is 0.271. The summed E-state index contributed by atoms with van der Waals surface area (Å²) >= 11 is 6.91. The molecule has 0 radical (unpaired) electrons. The van der Waals surface area contributed by atoms with E-state index in [2.05, 4.69) is 36.8 Å². The summed E-state index contributed by atoms with van der Waals surface area (Å²) in [6.07, 6.45) is 5.13. The van der Waals surface area contributed by atoms with Crippen LogP contribution >= 0.6 is 31.9 Å². The standard InChI is InChI=1S/C15H19Br2NO/c16-9-8-14-3-1-2-10-18(14)15(19)11-12-4-6-13(17)7-5-12/h4-7,14H,1-3,8-11H2. The Morgan fingerprint density at radius 1 is 1.26 bits per heavy atom. The monoisotopic (exact) mass is 387 g/mol. The number of halogens is 2. The number of hydrogen-bond acceptors (Lipinski definition) is 1. The van der Waals surface area contributed by atoms with Crippen molar-refractivity contribution >= 4 is 37.8 Å². The molecular formula is C15H19Br2NO. The summed E-state index contributed by atoms with van der Waals surface area (Å²) in [5.74, 6) is 0.271. The summed E-state index contributed by atoms with van der Waals surface area (Å²) in [6.45, 7) is 0.924. The molecule has 1 heterocycles. The summed E-state index contributed by atoms with van der Waals surface area (Å²) in [5, 5.41) is 0.972. The Kier molecular flexibility index (Phi) is 5.89. The fraction of sp³-hybridized carbons (Fsp3) is 0.533. The second-order valence-corrected chi connectivity index (χ2v) is 6.73. The van der Waals surface area contributed by atoms with Crippen LogP contribution in [0.25, 0.3) is 0 Å². The van der Waals surface area contributed by atoms with Gasteiger partial charge in [0.1, 0.15) is 0 Å². The Morgan fingerprint density at radius 2 is 2.00 bits per heavy atom. The lowest BCUT2D eigenvalue weighted by Gasteiger charge is -2.35. The Bertz CT molecular complexity index is 417. The number of likely N-dealkylation sites (tertiary alicyclic amines) is 1. The van der Waals surface area contributed by atoms with Gasteiger partial charge in [-0.25, -0.2) is 0 Å². The lowest BCUT2D eigenvalue weighted by Crippen LogP contribution is -2.44. The number of piperidine rings is 1. The Balaban J connectivity index is 1.99. The highest BCUT2D eigenvalue weighted by Gasteiger charge is 2.25. The van der Waals surface area contributed by atoms with E-state index in [1.165, 1.54) is 6.42 Å². The molecule has 1 aliphatic heterocycles. The van der Waals surface area contributed by atoms with Crippen LogP contribution in [0.3, 0.4) is 0 Å². The third kappa shape index (κ3) is 4.32. The minimum absolute atomic E-state index is 0.271. The Labute approximate surface area is 131 Å². The van der Waals surface area contributed by atoms with Crippen molar-refractivity contribution in [1.82, 2.24) is 4.90 Å². The zero-order valence-electron chi connectivity index (χ0n) is 10.9. The van der Waals surface area contributed by atoms with Gasteiger partial charge < -0.3 is 4.90 Å². The minimum Gasteiger partial charge on any atom is -0.339 e. The van der Waals surface area contributed by atoms with Gasteiger partial charge in [0.2, 0.25) is 5.91 Å². The van der Waals surface area contributed by atoms with E-state index in [0.717, 1.165) is 41.2 Å². The van der Waals surface area contributed by atoms with Crippen LogP contribution in [0, 0.1) is 0 Å². The molecule has 1 fully saturated rings. The number of nitrogens with zero attached hydrogens (tertiary/aromatic N) is 1. The molecule has 0 saturated carbocycles. The zero-order chi connectivity index (χ0) is 13.7. The first kappa shape index (κ1) is 15.0. The van der Waals surface area contributed by atoms with Gasteiger partial charge in [-0.05, 0) is 43.4 Å². The number of benzene rings is 1. The number of carbonyl (C=O) groups excluding carboxylic acids is 1. The first-order valence-corrected chi connectivity index (χ1v) is 8.72. The van der Waals surface area contributed by atoms with E-state index in [9.17, 15) is 4.79 Å². The van der Waals surface area contributed by atoms with Gasteiger partial charge in [-0.2, -0.15) is 0 Å². The molecule has 1 aromatic carbocycles. The highest BCUT2D eigenvalue weighted by Crippen LogP contribution is 2.21. The van der Waals surface area contributed by atoms with Crippen LogP contribution in [-0.2, 0) is 11.2 Å². The molecule has 1 aromatic rings. The molecule has 0 aromatic heterocycles. The van der Waals surface area contributed by atoms with Crippen molar-refractivity contribution in [2.45, 2.75) is 38.1 Å². The topological polar surface area (TPSA) is 20.3 Å². The van der Waals surface area contributed by atoms with Crippen molar-refractivity contribution in [3.8, 4) is 0 Å². The molecule has 0 N–H and O–H groups in total. The van der Waals surface area contributed by atoms with Crippen LogP contribution in [0.2, 0.25) is 0 Å². The normalized spacial score (nSPS) is 19.5. The molecule has 0 spiro atoms. The van der Waals surface area contributed by atoms with E-state index in [1.54, 1.807) is 0 Å². The molecular weight excluding hydrogens is 370 g/mol. The number of amides is 1. The third-order valence-electron chi connectivity index (χ3n) is 3.66. The molecule has 104 valence electrons. The molecule has 19 heavy (non-hydrogen) atoms. The maximum Gasteiger partial charge on any atom is 0.227 e. The van der Waals surface area contributed by atoms with Crippen LogP contribution in [0.15, 0.2) is 28.7 Å². The van der Waals surface area contributed by atoms with Crippen molar-refractivity contribution in [3.63, 3.8) is 0 Å². The Morgan fingerprint density at radius 3 is 2.68 bits per heavy atom. The van der Waals surface area contributed by atoms with Gasteiger partial charge in [0.15, 0.2) is 0 Å². The highest BCUT2D eigenvalue weighted by atomic mass is 79.9. The molecule has 1 aliphatic rings. The van der Waals surface area contributed by atoms with E-state index in [0.29, 0.717) is 12.5 Å². The quantitative estimate of drug-likeness (QED) is 0.709. The summed E-state index contributed by atoms with van der Waals surface area (Å²) < 4.78 is 1.05. The van der Waals surface area contributed by atoms with Crippen molar-refractivity contribution < 1.29 is 4.79 Å². The van der Waals surface area contributed by atoms with Crippen molar-refractivity contribution in [3.05, 3.63) is 34.3 Å². The second-order valence-electron chi connectivity index (χ2n) is 5.02. The summed E-state index contributed by atoms with van der Waals surface area (Å²) in [5.41, 5.74) is 1.09. The van der Waals surface area contributed by atoms with Crippen LogP contribution in [0.1, 0.15) is 31.2 Å². The number of rotatable bonds is 4. The van der Waals surface area contributed by atoms with Gasteiger partial charge in [0, 0.05) is 22.4 Å². The predicted octanol–water partition coefficient (Wildman–Crippen LogP) is 4.16. The third-order valence-corrected chi connectivity index (χ3v) is 4.64. The van der Waals surface area contributed by atoms with E-state index in [-0.39, 0.29) is 5.91 Å². The number of hydrogen-bond donors (Lipinski definition) is 0. The molecule has 1 atom stereocenters. The van der Waals surface area contributed by atoms with E-state index in [4.69, 9.17) is 0 Å². The molecule has 0 aliphatic carbocycles.